The first kappa shape index (κ1) is 18.4. The summed E-state index contributed by atoms with van der Waals surface area (Å²) in [4.78, 5) is 16.8. The molecular formula is C21H26FN3O. The quantitative estimate of drug-likeness (QED) is 0.870. The van der Waals surface area contributed by atoms with Crippen LogP contribution < -0.4 is 5.32 Å². The van der Waals surface area contributed by atoms with E-state index >= 15 is 0 Å². The van der Waals surface area contributed by atoms with Crippen LogP contribution in [0.15, 0.2) is 48.5 Å². The highest BCUT2D eigenvalue weighted by Crippen LogP contribution is 2.21. The van der Waals surface area contributed by atoms with Gasteiger partial charge in [-0.2, -0.15) is 0 Å². The summed E-state index contributed by atoms with van der Waals surface area (Å²) < 4.78 is 14.0. The lowest BCUT2D eigenvalue weighted by Gasteiger charge is -2.28. The average Bonchev–Trinajstić information content (AvgIpc) is 3.07. The number of urea groups is 1. The van der Waals surface area contributed by atoms with Crippen molar-refractivity contribution >= 4 is 11.7 Å². The zero-order valence-electron chi connectivity index (χ0n) is 15.4. The van der Waals surface area contributed by atoms with Crippen LogP contribution in [-0.4, -0.2) is 41.5 Å². The Balaban J connectivity index is 1.60. The Morgan fingerprint density at radius 1 is 1.27 bits per heavy atom. The third-order valence-corrected chi connectivity index (χ3v) is 4.91. The summed E-state index contributed by atoms with van der Waals surface area (Å²) in [5, 5.41) is 2.72. The van der Waals surface area contributed by atoms with Gasteiger partial charge in [0.2, 0.25) is 0 Å². The molecule has 1 saturated heterocycles. The summed E-state index contributed by atoms with van der Waals surface area (Å²) in [6, 6.07) is 15.1. The van der Waals surface area contributed by atoms with Gasteiger partial charge in [-0.25, -0.2) is 9.18 Å². The third-order valence-electron chi connectivity index (χ3n) is 4.91. The number of likely N-dealkylation sites (N-methyl/N-ethyl adjacent to an activating group) is 1. The fraction of sp³-hybridized carbons (Fsp3) is 0.381. The maximum Gasteiger partial charge on any atom is 0.322 e. The van der Waals surface area contributed by atoms with Crippen LogP contribution in [0.25, 0.3) is 0 Å². The van der Waals surface area contributed by atoms with Gasteiger partial charge in [-0.15, -0.1) is 0 Å². The number of anilines is 1. The van der Waals surface area contributed by atoms with Crippen molar-refractivity contribution in [2.45, 2.75) is 32.9 Å². The molecule has 0 spiro atoms. The summed E-state index contributed by atoms with van der Waals surface area (Å²) in [5.74, 6) is -0.397. The van der Waals surface area contributed by atoms with Crippen molar-refractivity contribution in [2.24, 2.45) is 0 Å². The van der Waals surface area contributed by atoms with Crippen LogP contribution in [0.4, 0.5) is 14.9 Å². The first-order valence-corrected chi connectivity index (χ1v) is 9.17. The minimum atomic E-state index is -0.397. The van der Waals surface area contributed by atoms with E-state index in [-0.39, 0.29) is 17.8 Å². The molecule has 3 rings (SSSR count). The Kier molecular flexibility index (Phi) is 5.89. The molecule has 5 heteroatoms. The van der Waals surface area contributed by atoms with E-state index in [1.54, 1.807) is 12.1 Å². The molecule has 2 amide bonds. The topological polar surface area (TPSA) is 35.6 Å². The largest absolute Gasteiger partial charge is 0.322 e. The maximum atomic E-state index is 14.0. The molecule has 0 radical (unpaired) electrons. The zero-order chi connectivity index (χ0) is 18.5. The van der Waals surface area contributed by atoms with Crippen molar-refractivity contribution in [2.75, 3.05) is 25.0 Å². The summed E-state index contributed by atoms with van der Waals surface area (Å²) in [6.07, 6.45) is 0.935. The zero-order valence-corrected chi connectivity index (χ0v) is 15.4. The lowest BCUT2D eigenvalue weighted by molar-refractivity contribution is 0.189. The number of likely N-dealkylation sites (tertiary alicyclic amines) is 1. The van der Waals surface area contributed by atoms with Crippen LogP contribution in [0, 0.1) is 12.7 Å². The van der Waals surface area contributed by atoms with Crippen LogP contribution >= 0.6 is 0 Å². The molecule has 26 heavy (non-hydrogen) atoms. The Labute approximate surface area is 154 Å². The number of halogens is 1. The summed E-state index contributed by atoms with van der Waals surface area (Å²) in [7, 11) is 0. The van der Waals surface area contributed by atoms with Crippen molar-refractivity contribution in [1.29, 1.82) is 0 Å². The predicted octanol–water partition coefficient (Wildman–Crippen LogP) is 4.26. The fourth-order valence-corrected chi connectivity index (χ4v) is 3.53. The number of carbonyl (C=O) groups is 1. The van der Waals surface area contributed by atoms with Gasteiger partial charge in [0.15, 0.2) is 0 Å². The Bertz CT molecular complexity index is 750. The van der Waals surface area contributed by atoms with Gasteiger partial charge < -0.3 is 10.2 Å². The van der Waals surface area contributed by atoms with Crippen LogP contribution in [0.5, 0.6) is 0 Å². The highest BCUT2D eigenvalue weighted by molar-refractivity contribution is 5.89. The summed E-state index contributed by atoms with van der Waals surface area (Å²) in [5.41, 5.74) is 2.35. The maximum absolute atomic E-state index is 14.0. The van der Waals surface area contributed by atoms with E-state index in [9.17, 15) is 9.18 Å². The molecule has 0 aromatic heterocycles. The number of nitrogens with zero attached hydrogens (tertiary/aromatic N) is 2. The molecule has 2 aromatic carbocycles. The van der Waals surface area contributed by atoms with Gasteiger partial charge in [0.05, 0.1) is 5.69 Å². The van der Waals surface area contributed by atoms with E-state index in [2.05, 4.69) is 22.3 Å². The number of amides is 2. The summed E-state index contributed by atoms with van der Waals surface area (Å²) in [6.45, 7) is 7.08. The second-order valence-corrected chi connectivity index (χ2v) is 6.86. The first-order valence-electron chi connectivity index (χ1n) is 9.17. The van der Waals surface area contributed by atoms with Gasteiger partial charge in [-0.05, 0) is 43.5 Å². The number of rotatable bonds is 5. The number of aryl methyl sites for hydroxylation is 1. The van der Waals surface area contributed by atoms with Crippen LogP contribution in [-0.2, 0) is 6.54 Å². The van der Waals surface area contributed by atoms with E-state index in [0.29, 0.717) is 6.54 Å². The molecule has 0 aliphatic carbocycles. The SMILES string of the molecule is CCN(C(=O)Nc1ccc(C)cc1F)[C@H]1CCN(Cc2ccccc2)C1. The third kappa shape index (κ3) is 4.41. The van der Waals surface area contributed by atoms with Gasteiger partial charge in [0.25, 0.3) is 0 Å². The molecule has 1 atom stereocenters. The molecule has 1 fully saturated rings. The Hall–Kier alpha value is -2.40. The molecule has 0 unspecified atom stereocenters. The highest BCUT2D eigenvalue weighted by Gasteiger charge is 2.30. The van der Waals surface area contributed by atoms with E-state index in [1.807, 2.05) is 36.9 Å². The number of nitrogens with one attached hydrogen (secondary N) is 1. The molecule has 1 aliphatic heterocycles. The van der Waals surface area contributed by atoms with Crippen LogP contribution in [0.3, 0.4) is 0 Å². The summed E-state index contributed by atoms with van der Waals surface area (Å²) >= 11 is 0. The van der Waals surface area contributed by atoms with Crippen molar-refractivity contribution in [3.05, 3.63) is 65.5 Å². The first-order chi connectivity index (χ1) is 12.6. The lowest BCUT2D eigenvalue weighted by atomic mass is 10.2. The Morgan fingerprint density at radius 3 is 2.73 bits per heavy atom. The second-order valence-electron chi connectivity index (χ2n) is 6.86. The lowest BCUT2D eigenvalue weighted by Crippen LogP contribution is -2.44. The second kappa shape index (κ2) is 8.32. The van der Waals surface area contributed by atoms with E-state index in [0.717, 1.165) is 31.6 Å². The van der Waals surface area contributed by atoms with Crippen LogP contribution in [0.1, 0.15) is 24.5 Å². The molecule has 0 bridgehead atoms. The monoisotopic (exact) mass is 355 g/mol. The Morgan fingerprint density at radius 2 is 2.04 bits per heavy atom. The fourth-order valence-electron chi connectivity index (χ4n) is 3.53. The smallest absolute Gasteiger partial charge is 0.320 e. The van der Waals surface area contributed by atoms with E-state index in [4.69, 9.17) is 0 Å². The normalized spacial score (nSPS) is 17.3. The van der Waals surface area contributed by atoms with Gasteiger partial charge in [0.1, 0.15) is 5.82 Å². The van der Waals surface area contributed by atoms with Crippen molar-refractivity contribution in [3.63, 3.8) is 0 Å². The molecule has 4 nitrogen and oxygen atoms in total. The van der Waals surface area contributed by atoms with Crippen molar-refractivity contribution in [3.8, 4) is 0 Å². The number of hydrogen-bond donors (Lipinski definition) is 1. The highest BCUT2D eigenvalue weighted by atomic mass is 19.1. The number of hydrogen-bond acceptors (Lipinski definition) is 2. The van der Waals surface area contributed by atoms with E-state index in [1.165, 1.54) is 11.6 Å². The molecule has 138 valence electrons. The van der Waals surface area contributed by atoms with Gasteiger partial charge in [-0.1, -0.05) is 36.4 Å². The molecule has 2 aromatic rings. The van der Waals surface area contributed by atoms with Crippen molar-refractivity contribution in [1.82, 2.24) is 9.80 Å². The molecule has 1 aliphatic rings. The molecule has 0 saturated carbocycles. The van der Waals surface area contributed by atoms with Crippen molar-refractivity contribution < 1.29 is 9.18 Å². The van der Waals surface area contributed by atoms with E-state index < -0.39 is 5.82 Å². The molecular weight excluding hydrogens is 329 g/mol. The van der Waals surface area contributed by atoms with Crippen LogP contribution in [0.2, 0.25) is 0 Å². The predicted molar refractivity (Wildman–Crippen MR) is 103 cm³/mol. The molecule has 1 N–H and O–H groups in total. The van der Waals surface area contributed by atoms with Gasteiger partial charge >= 0.3 is 6.03 Å². The standard InChI is InChI=1S/C21H26FN3O/c1-3-25(21(26)23-20-10-9-16(2)13-19(20)22)18-11-12-24(15-18)14-17-7-5-4-6-8-17/h4-10,13,18H,3,11-12,14-15H2,1-2H3,(H,23,26)/t18-/m0/s1. The van der Waals surface area contributed by atoms with Gasteiger partial charge in [-0.3, -0.25) is 4.90 Å². The average molecular weight is 355 g/mol. The number of benzene rings is 2. The number of carbonyl (C=O) groups excluding carboxylic acids is 1. The minimum absolute atomic E-state index is 0.150. The van der Waals surface area contributed by atoms with Gasteiger partial charge in [0, 0.05) is 32.2 Å². The minimum Gasteiger partial charge on any atom is -0.320 e. The molecule has 1 heterocycles.